The van der Waals surface area contributed by atoms with Gasteiger partial charge >= 0.3 is 6.18 Å². The monoisotopic (exact) mass is 432 g/mol. The quantitative estimate of drug-likeness (QED) is 0.506. The molecule has 3 rings (SSSR count). The minimum atomic E-state index is -4.71. The smallest absolute Gasteiger partial charge is 0.416 e. The van der Waals surface area contributed by atoms with E-state index in [1.807, 2.05) is 19.1 Å². The molecule has 0 saturated carbocycles. The highest BCUT2D eigenvalue weighted by atomic mass is 19.4. The predicted molar refractivity (Wildman–Crippen MR) is 109 cm³/mol. The lowest BCUT2D eigenvalue weighted by Gasteiger charge is -2.16. The Morgan fingerprint density at radius 3 is 2.48 bits per heavy atom. The van der Waals surface area contributed by atoms with Crippen LogP contribution in [-0.4, -0.2) is 18.0 Å². The first-order valence-electron chi connectivity index (χ1n) is 9.38. The van der Waals surface area contributed by atoms with Gasteiger partial charge in [0.15, 0.2) is 0 Å². The van der Waals surface area contributed by atoms with Gasteiger partial charge in [-0.05, 0) is 67.4 Å². The molecule has 1 unspecified atom stereocenters. The first-order chi connectivity index (χ1) is 14.6. The fraction of sp³-hybridized carbons (Fsp3) is 0.217. The first kappa shape index (κ1) is 22.3. The fourth-order valence-electron chi connectivity index (χ4n) is 3.15. The number of nitrogens with one attached hydrogen (secondary N) is 1. The maximum Gasteiger partial charge on any atom is 0.416 e. The third-order valence-corrected chi connectivity index (χ3v) is 4.82. The Bertz CT molecular complexity index is 1110. The molecule has 1 amide bonds. The van der Waals surface area contributed by atoms with Crippen LogP contribution in [0.1, 0.15) is 29.7 Å². The number of hydrogen-bond acceptors (Lipinski definition) is 3. The standard InChI is InChI=1S/C23H20F4N2O2/c1-13-8-15(6-7-28-13)20-5-4-19(12-21(20)31-3)29-22(30)14(2)16-9-17(23(25,26)27)11-18(24)10-16/h4-12,14H,1-3H3,(H,29,30). The predicted octanol–water partition coefficient (Wildman–Crippen LogP) is 5.97. The number of anilines is 1. The van der Waals surface area contributed by atoms with Gasteiger partial charge in [0.1, 0.15) is 11.6 Å². The topological polar surface area (TPSA) is 51.2 Å². The van der Waals surface area contributed by atoms with Crippen LogP contribution in [0.25, 0.3) is 11.1 Å². The number of aromatic nitrogens is 1. The molecule has 8 heteroatoms. The van der Waals surface area contributed by atoms with E-state index < -0.39 is 29.4 Å². The maximum absolute atomic E-state index is 13.7. The van der Waals surface area contributed by atoms with E-state index in [9.17, 15) is 22.4 Å². The first-order valence-corrected chi connectivity index (χ1v) is 9.38. The van der Waals surface area contributed by atoms with Gasteiger partial charge in [-0.15, -0.1) is 0 Å². The Labute approximate surface area is 176 Å². The molecule has 162 valence electrons. The lowest BCUT2D eigenvalue weighted by atomic mass is 9.97. The Hall–Kier alpha value is -3.42. The second-order valence-corrected chi connectivity index (χ2v) is 7.08. The summed E-state index contributed by atoms with van der Waals surface area (Å²) in [7, 11) is 1.49. The number of carbonyl (C=O) groups excluding carboxylic acids is 1. The zero-order valence-electron chi connectivity index (χ0n) is 17.0. The molecule has 0 aliphatic carbocycles. The molecule has 31 heavy (non-hydrogen) atoms. The van der Waals surface area contributed by atoms with Crippen molar-refractivity contribution >= 4 is 11.6 Å². The van der Waals surface area contributed by atoms with E-state index in [0.717, 1.165) is 29.0 Å². The van der Waals surface area contributed by atoms with Gasteiger partial charge in [0, 0.05) is 29.2 Å². The van der Waals surface area contributed by atoms with Crippen molar-refractivity contribution < 1.29 is 27.1 Å². The average molecular weight is 432 g/mol. The van der Waals surface area contributed by atoms with Crippen molar-refractivity contribution in [3.05, 3.63) is 77.4 Å². The summed E-state index contributed by atoms with van der Waals surface area (Å²) >= 11 is 0. The van der Waals surface area contributed by atoms with Crippen LogP contribution in [0.4, 0.5) is 23.2 Å². The van der Waals surface area contributed by atoms with Crippen LogP contribution in [0.3, 0.4) is 0 Å². The number of carbonyl (C=O) groups is 1. The number of hydrogen-bond donors (Lipinski definition) is 1. The second-order valence-electron chi connectivity index (χ2n) is 7.08. The minimum absolute atomic E-state index is 0.0688. The molecule has 3 aromatic rings. The Morgan fingerprint density at radius 1 is 1.10 bits per heavy atom. The van der Waals surface area contributed by atoms with Gasteiger partial charge in [0.25, 0.3) is 0 Å². The highest BCUT2D eigenvalue weighted by Crippen LogP contribution is 2.34. The number of nitrogens with zero attached hydrogens (tertiary/aromatic N) is 1. The summed E-state index contributed by atoms with van der Waals surface area (Å²) in [5, 5.41) is 2.65. The van der Waals surface area contributed by atoms with E-state index in [2.05, 4.69) is 10.3 Å². The molecule has 0 aliphatic rings. The molecule has 0 aliphatic heterocycles. The van der Waals surface area contributed by atoms with Gasteiger partial charge in [-0.2, -0.15) is 13.2 Å². The van der Waals surface area contributed by atoms with Gasteiger partial charge in [0.05, 0.1) is 18.6 Å². The minimum Gasteiger partial charge on any atom is -0.496 e. The van der Waals surface area contributed by atoms with Crippen LogP contribution in [0.2, 0.25) is 0 Å². The van der Waals surface area contributed by atoms with Crippen molar-refractivity contribution in [3.63, 3.8) is 0 Å². The number of amides is 1. The fourth-order valence-corrected chi connectivity index (χ4v) is 3.15. The number of halogens is 4. The highest BCUT2D eigenvalue weighted by molar-refractivity contribution is 5.96. The summed E-state index contributed by atoms with van der Waals surface area (Å²) in [6.45, 7) is 3.28. The summed E-state index contributed by atoms with van der Waals surface area (Å²) in [6, 6.07) is 10.9. The van der Waals surface area contributed by atoms with Crippen molar-refractivity contribution in [1.82, 2.24) is 4.98 Å². The largest absolute Gasteiger partial charge is 0.496 e. The summed E-state index contributed by atoms with van der Waals surface area (Å²) in [5.41, 5.74) is 1.70. The van der Waals surface area contributed by atoms with E-state index in [4.69, 9.17) is 4.74 Å². The number of benzene rings is 2. The van der Waals surface area contributed by atoms with Gasteiger partial charge in [0.2, 0.25) is 5.91 Å². The van der Waals surface area contributed by atoms with Crippen molar-refractivity contribution in [2.24, 2.45) is 0 Å². The van der Waals surface area contributed by atoms with Crippen molar-refractivity contribution in [1.29, 1.82) is 0 Å². The normalized spacial score (nSPS) is 12.4. The van der Waals surface area contributed by atoms with Crippen LogP contribution in [0, 0.1) is 12.7 Å². The van der Waals surface area contributed by atoms with E-state index >= 15 is 0 Å². The van der Waals surface area contributed by atoms with Crippen LogP contribution in [-0.2, 0) is 11.0 Å². The zero-order chi connectivity index (χ0) is 22.8. The Balaban J connectivity index is 1.84. The van der Waals surface area contributed by atoms with E-state index in [1.54, 1.807) is 24.4 Å². The van der Waals surface area contributed by atoms with Gasteiger partial charge in [-0.3, -0.25) is 9.78 Å². The van der Waals surface area contributed by atoms with E-state index in [-0.39, 0.29) is 5.56 Å². The summed E-state index contributed by atoms with van der Waals surface area (Å²) in [5.74, 6) is -2.14. The number of ether oxygens (including phenoxy) is 1. The maximum atomic E-state index is 13.7. The molecule has 1 atom stereocenters. The molecule has 4 nitrogen and oxygen atoms in total. The average Bonchev–Trinajstić information content (AvgIpc) is 2.72. The molecular formula is C23H20F4N2O2. The molecular weight excluding hydrogens is 412 g/mol. The second kappa shape index (κ2) is 8.75. The summed E-state index contributed by atoms with van der Waals surface area (Å²) in [6.07, 6.45) is -3.03. The van der Waals surface area contributed by atoms with Gasteiger partial charge < -0.3 is 10.1 Å². The van der Waals surface area contributed by atoms with Crippen LogP contribution < -0.4 is 10.1 Å². The third kappa shape index (κ3) is 5.20. The van der Waals surface area contributed by atoms with E-state index in [0.29, 0.717) is 17.5 Å². The van der Waals surface area contributed by atoms with Gasteiger partial charge in [-0.25, -0.2) is 4.39 Å². The molecule has 2 aromatic carbocycles. The van der Waals surface area contributed by atoms with Crippen molar-refractivity contribution in [2.75, 3.05) is 12.4 Å². The third-order valence-electron chi connectivity index (χ3n) is 4.82. The number of methoxy groups -OCH3 is 1. The molecule has 1 heterocycles. The number of aryl methyl sites for hydroxylation is 1. The molecule has 0 bridgehead atoms. The van der Waals surface area contributed by atoms with Crippen LogP contribution in [0.15, 0.2) is 54.7 Å². The molecule has 0 fully saturated rings. The lowest BCUT2D eigenvalue weighted by Crippen LogP contribution is -2.19. The summed E-state index contributed by atoms with van der Waals surface area (Å²) in [4.78, 5) is 16.8. The highest BCUT2D eigenvalue weighted by Gasteiger charge is 2.32. The molecule has 0 spiro atoms. The molecule has 1 N–H and O–H groups in total. The van der Waals surface area contributed by atoms with Crippen LogP contribution >= 0.6 is 0 Å². The number of rotatable bonds is 5. The Morgan fingerprint density at radius 2 is 1.84 bits per heavy atom. The van der Waals surface area contributed by atoms with Gasteiger partial charge in [-0.1, -0.05) is 0 Å². The van der Waals surface area contributed by atoms with E-state index in [1.165, 1.54) is 14.0 Å². The van der Waals surface area contributed by atoms with Crippen molar-refractivity contribution in [3.8, 4) is 16.9 Å². The molecule has 1 aromatic heterocycles. The zero-order valence-corrected chi connectivity index (χ0v) is 17.0. The van der Waals surface area contributed by atoms with Crippen molar-refractivity contribution in [2.45, 2.75) is 25.9 Å². The SMILES string of the molecule is COc1cc(NC(=O)C(C)c2cc(F)cc(C(F)(F)F)c2)ccc1-c1ccnc(C)c1. The number of pyridine rings is 1. The molecule has 0 radical (unpaired) electrons. The molecule has 0 saturated heterocycles. The summed E-state index contributed by atoms with van der Waals surface area (Å²) < 4.78 is 58.0. The van der Waals surface area contributed by atoms with Crippen LogP contribution in [0.5, 0.6) is 5.75 Å². The number of alkyl halides is 3. The Kier molecular flexibility index (Phi) is 6.29. The lowest BCUT2D eigenvalue weighted by molar-refractivity contribution is -0.138.